The highest BCUT2D eigenvalue weighted by atomic mass is 32.2. The molecule has 0 unspecified atom stereocenters. The molecular weight excluding hydrogens is 496 g/mol. The van der Waals surface area contributed by atoms with Gasteiger partial charge in [-0.3, -0.25) is 9.67 Å². The lowest BCUT2D eigenvalue weighted by Gasteiger charge is -2.20. The van der Waals surface area contributed by atoms with Gasteiger partial charge >= 0.3 is 0 Å². The SMILES string of the molecule is Cc1cc([C@H](C)Nc2ccccc2S(C)(=O)=O)c2cc(-c3ccc(-c4cnn(C)c4)nc3)c(C#N)nc2c1. The van der Waals surface area contributed by atoms with Crippen molar-refractivity contribution in [2.75, 3.05) is 11.6 Å². The third-order valence-corrected chi connectivity index (χ3v) is 7.57. The molecule has 5 rings (SSSR count). The van der Waals surface area contributed by atoms with Crippen LogP contribution in [-0.4, -0.2) is 34.4 Å². The number of aromatic nitrogens is 4. The summed E-state index contributed by atoms with van der Waals surface area (Å²) in [7, 11) is -1.56. The van der Waals surface area contributed by atoms with Crippen LogP contribution in [0.25, 0.3) is 33.3 Å². The molecule has 0 spiro atoms. The van der Waals surface area contributed by atoms with E-state index >= 15 is 0 Å². The molecule has 9 heteroatoms. The van der Waals surface area contributed by atoms with Gasteiger partial charge in [0.05, 0.1) is 28.0 Å². The summed E-state index contributed by atoms with van der Waals surface area (Å²) < 4.78 is 26.4. The maximum atomic E-state index is 12.3. The Morgan fingerprint density at radius 3 is 2.50 bits per heavy atom. The number of anilines is 1. The van der Waals surface area contributed by atoms with Crippen LogP contribution in [0, 0.1) is 18.3 Å². The third kappa shape index (κ3) is 4.86. The van der Waals surface area contributed by atoms with Gasteiger partial charge in [-0.05, 0) is 55.3 Å². The van der Waals surface area contributed by atoms with Crippen molar-refractivity contribution in [2.24, 2.45) is 7.05 Å². The van der Waals surface area contributed by atoms with E-state index in [0.717, 1.165) is 33.3 Å². The van der Waals surface area contributed by atoms with Gasteiger partial charge in [0.25, 0.3) is 0 Å². The van der Waals surface area contributed by atoms with Crippen LogP contribution in [0.1, 0.15) is 29.8 Å². The Labute approximate surface area is 221 Å². The van der Waals surface area contributed by atoms with Crippen molar-refractivity contribution < 1.29 is 8.42 Å². The van der Waals surface area contributed by atoms with E-state index in [0.29, 0.717) is 22.5 Å². The summed E-state index contributed by atoms with van der Waals surface area (Å²) in [5, 5.41) is 18.4. The van der Waals surface area contributed by atoms with E-state index in [2.05, 4.69) is 27.5 Å². The highest BCUT2D eigenvalue weighted by molar-refractivity contribution is 7.90. The number of nitrogens with one attached hydrogen (secondary N) is 1. The molecule has 0 aliphatic heterocycles. The minimum absolute atomic E-state index is 0.242. The first kappa shape index (κ1) is 25.1. The minimum atomic E-state index is -3.41. The number of hydrogen-bond acceptors (Lipinski definition) is 7. The predicted molar refractivity (Wildman–Crippen MR) is 148 cm³/mol. The molecule has 0 aliphatic carbocycles. The summed E-state index contributed by atoms with van der Waals surface area (Å²) in [4.78, 5) is 9.53. The summed E-state index contributed by atoms with van der Waals surface area (Å²) >= 11 is 0. The molecule has 0 fully saturated rings. The van der Waals surface area contributed by atoms with Crippen molar-refractivity contribution in [1.29, 1.82) is 5.26 Å². The van der Waals surface area contributed by atoms with Crippen molar-refractivity contribution in [3.05, 3.63) is 90.0 Å². The third-order valence-electron chi connectivity index (χ3n) is 6.42. The fraction of sp³-hybridized carbons (Fsp3) is 0.172. The second-order valence-electron chi connectivity index (χ2n) is 9.39. The number of nitrogens with zero attached hydrogens (tertiary/aromatic N) is 5. The smallest absolute Gasteiger partial charge is 0.177 e. The number of aryl methyl sites for hydroxylation is 2. The molecule has 1 N–H and O–H groups in total. The quantitative estimate of drug-likeness (QED) is 0.315. The molecule has 0 amide bonds. The summed E-state index contributed by atoms with van der Waals surface area (Å²) in [6, 6.07) is 18.7. The second-order valence-corrected chi connectivity index (χ2v) is 11.4. The summed E-state index contributed by atoms with van der Waals surface area (Å²) in [5.41, 5.74) is 6.63. The molecule has 3 heterocycles. The molecule has 1 atom stereocenters. The van der Waals surface area contributed by atoms with Gasteiger partial charge in [0.2, 0.25) is 0 Å². The molecule has 0 saturated heterocycles. The molecule has 0 saturated carbocycles. The van der Waals surface area contributed by atoms with Crippen molar-refractivity contribution in [3.63, 3.8) is 0 Å². The standard InChI is InChI=1S/C29H26N6O2S/c1-18-11-22(19(2)33-26-7-5-6-8-29(26)38(4,36)37)24-13-23(28(14-30)34-27(24)12-18)20-9-10-25(31-15-20)21-16-32-35(3)17-21/h5-13,15-17,19,33H,1-4H3/t19-/m0/s1. The molecule has 38 heavy (non-hydrogen) atoms. The molecule has 0 aliphatic rings. The number of hydrogen-bond donors (Lipinski definition) is 1. The van der Waals surface area contributed by atoms with Gasteiger partial charge in [0.15, 0.2) is 9.84 Å². The number of sulfone groups is 1. The molecular formula is C29H26N6O2S. The first-order chi connectivity index (χ1) is 18.1. The van der Waals surface area contributed by atoms with Crippen LogP contribution in [0.3, 0.4) is 0 Å². The minimum Gasteiger partial charge on any atom is -0.377 e. The van der Waals surface area contributed by atoms with E-state index in [1.165, 1.54) is 6.26 Å². The van der Waals surface area contributed by atoms with Gasteiger partial charge in [-0.1, -0.05) is 24.3 Å². The lowest BCUT2D eigenvalue weighted by atomic mass is 9.95. The molecule has 190 valence electrons. The Balaban J connectivity index is 1.59. The van der Waals surface area contributed by atoms with E-state index in [4.69, 9.17) is 4.98 Å². The van der Waals surface area contributed by atoms with Crippen LogP contribution in [0.5, 0.6) is 0 Å². The van der Waals surface area contributed by atoms with Gasteiger partial charge in [-0.25, -0.2) is 13.4 Å². The van der Waals surface area contributed by atoms with E-state index in [1.807, 2.05) is 51.4 Å². The number of para-hydroxylation sites is 1. The van der Waals surface area contributed by atoms with Gasteiger partial charge in [-0.15, -0.1) is 0 Å². The Bertz CT molecular complexity index is 1820. The average molecular weight is 523 g/mol. The summed E-state index contributed by atoms with van der Waals surface area (Å²) in [5.74, 6) is 0. The van der Waals surface area contributed by atoms with E-state index in [-0.39, 0.29) is 10.9 Å². The zero-order chi connectivity index (χ0) is 27.0. The number of fused-ring (bicyclic) bond motifs is 1. The molecule has 3 aromatic heterocycles. The zero-order valence-electron chi connectivity index (χ0n) is 21.5. The fourth-order valence-corrected chi connectivity index (χ4v) is 5.46. The number of rotatable bonds is 6. The molecule has 0 bridgehead atoms. The maximum absolute atomic E-state index is 12.3. The highest BCUT2D eigenvalue weighted by Gasteiger charge is 2.19. The van der Waals surface area contributed by atoms with Gasteiger partial charge in [-0.2, -0.15) is 10.4 Å². The fourth-order valence-electron chi connectivity index (χ4n) is 4.61. The van der Waals surface area contributed by atoms with Gasteiger partial charge < -0.3 is 5.32 Å². The first-order valence-electron chi connectivity index (χ1n) is 12.0. The molecule has 0 radical (unpaired) electrons. The van der Waals surface area contributed by atoms with E-state index < -0.39 is 9.84 Å². The zero-order valence-corrected chi connectivity index (χ0v) is 22.3. The first-order valence-corrected chi connectivity index (χ1v) is 13.9. The largest absolute Gasteiger partial charge is 0.377 e. The Hall–Kier alpha value is -4.55. The van der Waals surface area contributed by atoms with Crippen LogP contribution in [-0.2, 0) is 16.9 Å². The van der Waals surface area contributed by atoms with Crippen LogP contribution >= 0.6 is 0 Å². The van der Waals surface area contributed by atoms with Crippen molar-refractivity contribution in [2.45, 2.75) is 24.8 Å². The van der Waals surface area contributed by atoms with Crippen molar-refractivity contribution in [1.82, 2.24) is 19.7 Å². The summed E-state index contributed by atoms with van der Waals surface area (Å²) in [6.07, 6.45) is 6.59. The van der Waals surface area contributed by atoms with Crippen molar-refractivity contribution >= 4 is 26.4 Å². The molecule has 5 aromatic rings. The molecule has 2 aromatic carbocycles. The van der Waals surface area contributed by atoms with Crippen LogP contribution in [0.2, 0.25) is 0 Å². The Kier molecular flexibility index (Phi) is 6.43. The summed E-state index contributed by atoms with van der Waals surface area (Å²) in [6.45, 7) is 3.96. The lowest BCUT2D eigenvalue weighted by molar-refractivity contribution is 0.602. The molecule has 8 nitrogen and oxygen atoms in total. The monoisotopic (exact) mass is 522 g/mol. The van der Waals surface area contributed by atoms with Gasteiger partial charge in [0.1, 0.15) is 11.8 Å². The predicted octanol–water partition coefficient (Wildman–Crippen LogP) is 5.45. The number of benzene rings is 2. The lowest BCUT2D eigenvalue weighted by Crippen LogP contribution is -2.11. The second kappa shape index (κ2) is 9.72. The van der Waals surface area contributed by atoms with Crippen molar-refractivity contribution in [3.8, 4) is 28.5 Å². The number of nitriles is 1. The highest BCUT2D eigenvalue weighted by Crippen LogP contribution is 2.34. The van der Waals surface area contributed by atoms with Crippen LogP contribution < -0.4 is 5.32 Å². The van der Waals surface area contributed by atoms with E-state index in [1.54, 1.807) is 41.3 Å². The van der Waals surface area contributed by atoms with Gasteiger partial charge in [0, 0.05) is 53.8 Å². The Morgan fingerprint density at radius 2 is 1.84 bits per heavy atom. The van der Waals surface area contributed by atoms with E-state index in [9.17, 15) is 13.7 Å². The topological polar surface area (TPSA) is 114 Å². The van der Waals surface area contributed by atoms with Crippen LogP contribution in [0.4, 0.5) is 5.69 Å². The van der Waals surface area contributed by atoms with Crippen LogP contribution in [0.15, 0.2) is 78.1 Å². The maximum Gasteiger partial charge on any atom is 0.177 e. The average Bonchev–Trinajstić information content (AvgIpc) is 3.33. The Morgan fingerprint density at radius 1 is 1.05 bits per heavy atom. The number of pyridine rings is 2. The normalized spacial score (nSPS) is 12.3.